The highest BCUT2D eigenvalue weighted by atomic mass is 19.4. The minimum Gasteiger partial charge on any atom is -0.458 e. The molecule has 0 saturated carbocycles. The quantitative estimate of drug-likeness (QED) is 0.637. The van der Waals surface area contributed by atoms with E-state index >= 15 is 0 Å². The molecule has 0 unspecified atom stereocenters. The molecule has 0 spiro atoms. The van der Waals surface area contributed by atoms with Gasteiger partial charge in [-0.3, -0.25) is 4.79 Å². The highest BCUT2D eigenvalue weighted by Gasteiger charge is 2.36. The van der Waals surface area contributed by atoms with Crippen molar-refractivity contribution in [3.63, 3.8) is 0 Å². The maximum atomic E-state index is 12.2. The Hall–Kier alpha value is -2.31. The second kappa shape index (κ2) is 7.99. The summed E-state index contributed by atoms with van der Waals surface area (Å²) in [7, 11) is 0. The van der Waals surface area contributed by atoms with Gasteiger partial charge in [0.25, 0.3) is 5.78 Å². The number of halogens is 3. The summed E-state index contributed by atoms with van der Waals surface area (Å²) in [5.41, 5.74) is 0.0653. The highest BCUT2D eigenvalue weighted by molar-refractivity contribution is 5.94. The van der Waals surface area contributed by atoms with Gasteiger partial charge in [-0.25, -0.2) is 4.79 Å². The van der Waals surface area contributed by atoms with Crippen LogP contribution in [0.2, 0.25) is 0 Å². The van der Waals surface area contributed by atoms with E-state index in [-0.39, 0.29) is 6.42 Å². The van der Waals surface area contributed by atoms with Crippen LogP contribution in [0.5, 0.6) is 0 Å². The third-order valence-electron chi connectivity index (χ3n) is 2.79. The van der Waals surface area contributed by atoms with Gasteiger partial charge < -0.3 is 10.1 Å². The third kappa shape index (κ3) is 7.30. The van der Waals surface area contributed by atoms with E-state index in [1.165, 1.54) is 0 Å². The molecular formula is C17H20F3NO3. The van der Waals surface area contributed by atoms with Gasteiger partial charge in [-0.05, 0) is 26.3 Å². The molecular weight excluding hydrogens is 323 g/mol. The zero-order chi connectivity index (χ0) is 18.4. The van der Waals surface area contributed by atoms with E-state index in [0.29, 0.717) is 6.08 Å². The van der Waals surface area contributed by atoms with Crippen LogP contribution >= 0.6 is 0 Å². The molecule has 1 aromatic carbocycles. The smallest absolute Gasteiger partial charge is 0.454 e. The van der Waals surface area contributed by atoms with Crippen LogP contribution in [0.1, 0.15) is 26.3 Å². The average Bonchev–Trinajstić information content (AvgIpc) is 2.44. The Balaban J connectivity index is 2.83. The molecule has 0 amide bonds. The molecule has 0 aliphatic rings. The van der Waals surface area contributed by atoms with Crippen molar-refractivity contribution in [2.24, 2.45) is 0 Å². The Morgan fingerprint density at radius 2 is 1.75 bits per heavy atom. The zero-order valence-corrected chi connectivity index (χ0v) is 13.7. The van der Waals surface area contributed by atoms with E-state index < -0.39 is 29.6 Å². The number of nitrogens with one attached hydrogen (secondary N) is 1. The van der Waals surface area contributed by atoms with Gasteiger partial charge in [-0.15, -0.1) is 0 Å². The lowest BCUT2D eigenvalue weighted by atomic mass is 10.1. The largest absolute Gasteiger partial charge is 0.458 e. The number of allylic oxidation sites excluding steroid dienone is 1. The van der Waals surface area contributed by atoms with E-state index in [9.17, 15) is 22.8 Å². The maximum absolute atomic E-state index is 12.2. The van der Waals surface area contributed by atoms with Crippen molar-refractivity contribution in [2.75, 3.05) is 0 Å². The van der Waals surface area contributed by atoms with Crippen LogP contribution in [0.25, 0.3) is 0 Å². The molecule has 4 nitrogen and oxygen atoms in total. The molecule has 1 atom stereocenters. The highest BCUT2D eigenvalue weighted by Crippen LogP contribution is 2.16. The first-order chi connectivity index (χ1) is 11.0. The van der Waals surface area contributed by atoms with Crippen molar-refractivity contribution in [3.05, 3.63) is 48.2 Å². The monoisotopic (exact) mass is 343 g/mol. The average molecular weight is 343 g/mol. The number of benzene rings is 1. The number of esters is 1. The molecule has 0 fully saturated rings. The van der Waals surface area contributed by atoms with Crippen LogP contribution in [-0.2, 0) is 20.7 Å². The van der Waals surface area contributed by atoms with E-state index in [0.717, 1.165) is 11.8 Å². The zero-order valence-electron chi connectivity index (χ0n) is 13.7. The molecule has 1 N–H and O–H groups in total. The summed E-state index contributed by atoms with van der Waals surface area (Å²) in [4.78, 5) is 23.0. The number of carbonyl (C=O) groups excluding carboxylic acids is 2. The van der Waals surface area contributed by atoms with Crippen LogP contribution in [0, 0.1) is 0 Å². The lowest BCUT2D eigenvalue weighted by Crippen LogP contribution is -2.40. The topological polar surface area (TPSA) is 55.4 Å². The molecule has 0 saturated heterocycles. The van der Waals surface area contributed by atoms with E-state index in [1.54, 1.807) is 51.1 Å². The molecule has 0 bridgehead atoms. The molecule has 24 heavy (non-hydrogen) atoms. The molecule has 1 rings (SSSR count). The minimum atomic E-state index is -4.95. The Bertz CT molecular complexity index is 589. The number of alkyl halides is 3. The SMILES string of the molecule is CC(C)(C)OC(=O)[C@H](Cc1ccccc1)N/C=C\C(=O)C(F)(F)F. The van der Waals surface area contributed by atoms with Crippen LogP contribution in [0.4, 0.5) is 13.2 Å². The summed E-state index contributed by atoms with van der Waals surface area (Å²) in [6.45, 7) is 5.06. The summed E-state index contributed by atoms with van der Waals surface area (Å²) < 4.78 is 41.8. The van der Waals surface area contributed by atoms with Crippen LogP contribution in [0.3, 0.4) is 0 Å². The normalized spacial score (nSPS) is 13.6. The second-order valence-corrected chi connectivity index (χ2v) is 6.14. The molecule has 0 radical (unpaired) electrons. The standard InChI is InChI=1S/C17H20F3NO3/c1-16(2,3)24-15(23)13(11-12-7-5-4-6-8-12)21-10-9-14(22)17(18,19)20/h4-10,13,21H,11H2,1-3H3/b10-9-/t13-/m0/s1. The maximum Gasteiger partial charge on any atom is 0.454 e. The summed E-state index contributed by atoms with van der Waals surface area (Å²) in [6.07, 6.45) is -3.56. The number of rotatable bonds is 6. The number of hydrogen-bond acceptors (Lipinski definition) is 4. The van der Waals surface area contributed by atoms with Gasteiger partial charge in [-0.2, -0.15) is 13.2 Å². The summed E-state index contributed by atoms with van der Waals surface area (Å²) in [5.74, 6) is -2.62. The minimum absolute atomic E-state index is 0.209. The van der Waals surface area contributed by atoms with Crippen molar-refractivity contribution in [1.82, 2.24) is 5.32 Å². The molecule has 0 heterocycles. The molecule has 7 heteroatoms. The van der Waals surface area contributed by atoms with Gasteiger partial charge >= 0.3 is 12.1 Å². The van der Waals surface area contributed by atoms with Crippen molar-refractivity contribution in [1.29, 1.82) is 0 Å². The van der Waals surface area contributed by atoms with E-state index in [4.69, 9.17) is 4.74 Å². The summed E-state index contributed by atoms with van der Waals surface area (Å²) in [5, 5.41) is 2.52. The predicted molar refractivity (Wildman–Crippen MR) is 83.1 cm³/mol. The molecule has 1 aromatic rings. The summed E-state index contributed by atoms with van der Waals surface area (Å²) in [6, 6.07) is 8.02. The molecule has 0 aliphatic carbocycles. The number of carbonyl (C=O) groups is 2. The summed E-state index contributed by atoms with van der Waals surface area (Å²) >= 11 is 0. The third-order valence-corrected chi connectivity index (χ3v) is 2.79. The number of ketones is 1. The second-order valence-electron chi connectivity index (χ2n) is 6.14. The fourth-order valence-electron chi connectivity index (χ4n) is 1.77. The predicted octanol–water partition coefficient (Wildman–Crippen LogP) is 3.17. The number of ether oxygens (including phenoxy) is 1. The van der Waals surface area contributed by atoms with Gasteiger partial charge in [0.15, 0.2) is 0 Å². The van der Waals surface area contributed by atoms with Crippen LogP contribution < -0.4 is 5.32 Å². The lowest BCUT2D eigenvalue weighted by Gasteiger charge is -2.24. The van der Waals surface area contributed by atoms with Crippen LogP contribution in [-0.4, -0.2) is 29.6 Å². The first-order valence-corrected chi connectivity index (χ1v) is 7.29. The fraction of sp³-hybridized carbons (Fsp3) is 0.412. The molecule has 0 aliphatic heterocycles. The number of hydrogen-bond donors (Lipinski definition) is 1. The van der Waals surface area contributed by atoms with Crippen molar-refractivity contribution in [3.8, 4) is 0 Å². The fourth-order valence-corrected chi connectivity index (χ4v) is 1.77. The van der Waals surface area contributed by atoms with Crippen molar-refractivity contribution < 1.29 is 27.5 Å². The van der Waals surface area contributed by atoms with Gasteiger partial charge in [-0.1, -0.05) is 30.3 Å². The Labute approximate surface area is 138 Å². The van der Waals surface area contributed by atoms with Gasteiger partial charge in [0.05, 0.1) is 0 Å². The van der Waals surface area contributed by atoms with E-state index in [1.807, 2.05) is 0 Å². The van der Waals surface area contributed by atoms with Crippen molar-refractivity contribution >= 4 is 11.8 Å². The molecule has 0 aromatic heterocycles. The van der Waals surface area contributed by atoms with Gasteiger partial charge in [0.1, 0.15) is 11.6 Å². The lowest BCUT2D eigenvalue weighted by molar-refractivity contribution is -0.165. The molecule has 132 valence electrons. The van der Waals surface area contributed by atoms with Crippen molar-refractivity contribution in [2.45, 2.75) is 45.0 Å². The first kappa shape index (κ1) is 19.7. The Morgan fingerprint density at radius 1 is 1.17 bits per heavy atom. The van der Waals surface area contributed by atoms with Gasteiger partial charge in [0, 0.05) is 18.7 Å². The Morgan fingerprint density at radius 3 is 2.25 bits per heavy atom. The van der Waals surface area contributed by atoms with Crippen LogP contribution in [0.15, 0.2) is 42.6 Å². The van der Waals surface area contributed by atoms with Gasteiger partial charge in [0.2, 0.25) is 0 Å². The Kier molecular flexibility index (Phi) is 6.57. The van der Waals surface area contributed by atoms with E-state index in [2.05, 4.69) is 5.32 Å². The first-order valence-electron chi connectivity index (χ1n) is 7.29.